The third-order valence-corrected chi connectivity index (χ3v) is 5.04. The summed E-state index contributed by atoms with van der Waals surface area (Å²) in [7, 11) is 0. The van der Waals surface area contributed by atoms with Crippen LogP contribution in [0.15, 0.2) is 4.79 Å². The van der Waals surface area contributed by atoms with E-state index in [2.05, 4.69) is 20.1 Å². The van der Waals surface area contributed by atoms with Crippen molar-refractivity contribution in [2.75, 3.05) is 6.54 Å². The first-order valence-corrected chi connectivity index (χ1v) is 8.74. The van der Waals surface area contributed by atoms with Gasteiger partial charge in [0.05, 0.1) is 19.0 Å². The molecule has 2 aromatic heterocycles. The van der Waals surface area contributed by atoms with Crippen molar-refractivity contribution in [2.45, 2.75) is 58.5 Å². The molecule has 8 nitrogen and oxygen atoms in total. The summed E-state index contributed by atoms with van der Waals surface area (Å²) in [5.41, 5.74) is 0.814. The lowest BCUT2D eigenvalue weighted by molar-refractivity contribution is -0.133. The zero-order valence-corrected chi connectivity index (χ0v) is 14.7. The fourth-order valence-electron chi connectivity index (χ4n) is 3.45. The van der Waals surface area contributed by atoms with Gasteiger partial charge in [-0.05, 0) is 33.6 Å². The first-order valence-electron chi connectivity index (χ1n) is 8.74. The third-order valence-electron chi connectivity index (χ3n) is 5.04. The smallest absolute Gasteiger partial charge is 0.254 e. The SMILES string of the molecule is Cc1nc(C)c(CC(=O)N2CCn3nc(C4CC4)nc3[C@H]2C)c(=O)[nH]1. The molecule has 0 unspecified atom stereocenters. The molecule has 0 saturated heterocycles. The molecule has 4 rings (SSSR count). The fraction of sp³-hybridized carbons (Fsp3) is 0.588. The Morgan fingerprint density at radius 2 is 2.00 bits per heavy atom. The molecule has 2 aromatic rings. The van der Waals surface area contributed by atoms with Gasteiger partial charge in [0.2, 0.25) is 5.91 Å². The second-order valence-corrected chi connectivity index (χ2v) is 6.98. The number of amides is 1. The van der Waals surface area contributed by atoms with Gasteiger partial charge in [-0.3, -0.25) is 9.59 Å². The summed E-state index contributed by atoms with van der Waals surface area (Å²) < 4.78 is 1.92. The van der Waals surface area contributed by atoms with Crippen LogP contribution in [0.5, 0.6) is 0 Å². The Labute approximate surface area is 145 Å². The summed E-state index contributed by atoms with van der Waals surface area (Å²) in [6, 6.07) is -0.140. The van der Waals surface area contributed by atoms with E-state index in [4.69, 9.17) is 0 Å². The highest BCUT2D eigenvalue weighted by molar-refractivity contribution is 5.79. The molecule has 132 valence electrons. The quantitative estimate of drug-likeness (QED) is 0.897. The van der Waals surface area contributed by atoms with Crippen molar-refractivity contribution in [1.29, 1.82) is 0 Å². The number of aryl methyl sites for hydroxylation is 2. The Hall–Kier alpha value is -2.51. The zero-order chi connectivity index (χ0) is 17.7. The summed E-state index contributed by atoms with van der Waals surface area (Å²) in [4.78, 5) is 38.4. The largest absolute Gasteiger partial charge is 0.331 e. The second-order valence-electron chi connectivity index (χ2n) is 6.98. The number of H-pyrrole nitrogens is 1. The van der Waals surface area contributed by atoms with E-state index in [1.54, 1.807) is 18.7 Å². The van der Waals surface area contributed by atoms with Gasteiger partial charge in [-0.2, -0.15) is 5.10 Å². The Kier molecular flexibility index (Phi) is 3.70. The number of aromatic nitrogens is 5. The molecule has 25 heavy (non-hydrogen) atoms. The summed E-state index contributed by atoms with van der Waals surface area (Å²) >= 11 is 0. The van der Waals surface area contributed by atoms with Crippen LogP contribution in [0.1, 0.15) is 60.5 Å². The Bertz CT molecular complexity index is 895. The minimum absolute atomic E-state index is 0.0579. The Morgan fingerprint density at radius 1 is 1.24 bits per heavy atom. The maximum absolute atomic E-state index is 12.8. The van der Waals surface area contributed by atoms with Crippen molar-refractivity contribution in [1.82, 2.24) is 29.6 Å². The first-order chi connectivity index (χ1) is 11.9. The van der Waals surface area contributed by atoms with Crippen molar-refractivity contribution in [2.24, 2.45) is 0 Å². The second kappa shape index (κ2) is 5.79. The predicted octanol–water partition coefficient (Wildman–Crippen LogP) is 1.00. The topological polar surface area (TPSA) is 96.8 Å². The van der Waals surface area contributed by atoms with Gasteiger partial charge in [-0.1, -0.05) is 0 Å². The molecule has 0 spiro atoms. The van der Waals surface area contributed by atoms with Crippen molar-refractivity contribution in [3.8, 4) is 0 Å². The molecule has 2 aliphatic rings. The fourth-order valence-corrected chi connectivity index (χ4v) is 3.45. The van der Waals surface area contributed by atoms with Crippen LogP contribution in [0.2, 0.25) is 0 Å². The van der Waals surface area contributed by atoms with Crippen LogP contribution in [0.25, 0.3) is 0 Å². The lowest BCUT2D eigenvalue weighted by atomic mass is 10.1. The van der Waals surface area contributed by atoms with E-state index in [0.717, 1.165) is 24.5 Å². The van der Waals surface area contributed by atoms with Gasteiger partial charge < -0.3 is 9.88 Å². The Morgan fingerprint density at radius 3 is 2.68 bits per heavy atom. The van der Waals surface area contributed by atoms with E-state index in [-0.39, 0.29) is 23.9 Å². The summed E-state index contributed by atoms with van der Waals surface area (Å²) in [6.45, 7) is 6.70. The van der Waals surface area contributed by atoms with E-state index < -0.39 is 0 Å². The molecule has 1 aliphatic heterocycles. The van der Waals surface area contributed by atoms with Gasteiger partial charge >= 0.3 is 0 Å². The van der Waals surface area contributed by atoms with Crippen molar-refractivity contribution in [3.05, 3.63) is 39.1 Å². The number of nitrogens with zero attached hydrogens (tertiary/aromatic N) is 5. The van der Waals surface area contributed by atoms with Crippen LogP contribution < -0.4 is 5.56 Å². The van der Waals surface area contributed by atoms with Crippen molar-refractivity contribution >= 4 is 5.91 Å². The molecule has 8 heteroatoms. The molecular weight excluding hydrogens is 320 g/mol. The minimum Gasteiger partial charge on any atom is -0.331 e. The normalized spacial score (nSPS) is 19.8. The lowest BCUT2D eigenvalue weighted by Gasteiger charge is -2.33. The molecule has 1 N–H and O–H groups in total. The molecule has 0 bridgehead atoms. The van der Waals surface area contributed by atoms with E-state index >= 15 is 0 Å². The monoisotopic (exact) mass is 342 g/mol. The molecule has 1 aliphatic carbocycles. The van der Waals surface area contributed by atoms with Crippen LogP contribution in [-0.4, -0.2) is 42.1 Å². The van der Waals surface area contributed by atoms with Gasteiger partial charge in [-0.25, -0.2) is 14.6 Å². The van der Waals surface area contributed by atoms with E-state index in [9.17, 15) is 9.59 Å². The van der Waals surface area contributed by atoms with Gasteiger partial charge in [0.25, 0.3) is 5.56 Å². The number of carbonyl (C=O) groups is 1. The van der Waals surface area contributed by atoms with Crippen molar-refractivity contribution in [3.63, 3.8) is 0 Å². The molecule has 0 aromatic carbocycles. The van der Waals surface area contributed by atoms with E-state index in [1.165, 1.54) is 0 Å². The average molecular weight is 342 g/mol. The molecule has 0 radical (unpaired) electrons. The van der Waals surface area contributed by atoms with Crippen molar-refractivity contribution < 1.29 is 4.79 Å². The van der Waals surface area contributed by atoms with Crippen LogP contribution in [0.3, 0.4) is 0 Å². The molecular formula is C17H22N6O2. The number of hydrogen-bond acceptors (Lipinski definition) is 5. The number of fused-ring (bicyclic) bond motifs is 1. The number of aromatic amines is 1. The van der Waals surface area contributed by atoms with Gasteiger partial charge in [0.15, 0.2) is 5.82 Å². The number of carbonyl (C=O) groups excluding carboxylic acids is 1. The van der Waals surface area contributed by atoms with Crippen LogP contribution in [-0.2, 0) is 17.8 Å². The highest BCUT2D eigenvalue weighted by Crippen LogP contribution is 2.39. The predicted molar refractivity (Wildman–Crippen MR) is 90.2 cm³/mol. The summed E-state index contributed by atoms with van der Waals surface area (Å²) in [6.07, 6.45) is 2.37. The standard InChI is InChI=1S/C17H22N6O2/c1-9-13(17(25)19-11(3)18-9)8-14(24)22-6-7-23-16(10(22)2)20-15(21-23)12-4-5-12/h10,12H,4-8H2,1-3H3,(H,18,19,25)/t10-/m1/s1. The molecule has 1 fully saturated rings. The molecule has 1 atom stereocenters. The maximum Gasteiger partial charge on any atom is 0.254 e. The van der Waals surface area contributed by atoms with Gasteiger partial charge in [0, 0.05) is 23.7 Å². The number of rotatable bonds is 3. The van der Waals surface area contributed by atoms with Gasteiger partial charge in [-0.15, -0.1) is 0 Å². The molecule has 1 amide bonds. The average Bonchev–Trinajstić information content (AvgIpc) is 3.30. The van der Waals surface area contributed by atoms with Gasteiger partial charge in [0.1, 0.15) is 11.6 Å². The number of hydrogen-bond donors (Lipinski definition) is 1. The van der Waals surface area contributed by atoms with E-state index in [1.807, 2.05) is 11.6 Å². The number of nitrogens with one attached hydrogen (secondary N) is 1. The highest BCUT2D eigenvalue weighted by Gasteiger charge is 2.34. The van der Waals surface area contributed by atoms with Crippen LogP contribution in [0, 0.1) is 13.8 Å². The van der Waals surface area contributed by atoms with Crippen LogP contribution in [0.4, 0.5) is 0 Å². The summed E-state index contributed by atoms with van der Waals surface area (Å²) in [5.74, 6) is 2.73. The highest BCUT2D eigenvalue weighted by atomic mass is 16.2. The lowest BCUT2D eigenvalue weighted by Crippen LogP contribution is -2.43. The third kappa shape index (κ3) is 2.85. The summed E-state index contributed by atoms with van der Waals surface area (Å²) in [5, 5.41) is 4.58. The maximum atomic E-state index is 12.8. The Balaban J connectivity index is 1.55. The molecule has 1 saturated carbocycles. The first kappa shape index (κ1) is 16.0. The van der Waals surface area contributed by atoms with Crippen LogP contribution >= 0.6 is 0 Å². The molecule has 3 heterocycles. The van der Waals surface area contributed by atoms with E-state index in [0.29, 0.717) is 36.1 Å². The minimum atomic E-state index is -0.234. The zero-order valence-electron chi connectivity index (χ0n) is 14.7.